The first-order valence-electron chi connectivity index (χ1n) is 8.46. The van der Waals surface area contributed by atoms with E-state index in [0.29, 0.717) is 26.2 Å². The fourth-order valence-electron chi connectivity index (χ4n) is 3.14. The van der Waals surface area contributed by atoms with Gasteiger partial charge in [-0.05, 0) is 37.6 Å². The number of sulfonamides is 1. The average Bonchev–Trinajstić information content (AvgIpc) is 2.63. The molecule has 0 saturated carbocycles. The van der Waals surface area contributed by atoms with E-state index in [1.807, 2.05) is 25.1 Å². The van der Waals surface area contributed by atoms with E-state index in [4.69, 9.17) is 11.6 Å². The van der Waals surface area contributed by atoms with Crippen LogP contribution >= 0.6 is 11.6 Å². The van der Waals surface area contributed by atoms with Gasteiger partial charge in [-0.15, -0.1) is 0 Å². The smallest absolute Gasteiger partial charge is 0.275 e. The summed E-state index contributed by atoms with van der Waals surface area (Å²) >= 11 is 6.03. The standard InChI is InChI=1S/C18H20ClN3O4S/c1-13-4-3-5-15(10-13)20-6-8-21(9-7-20)27(25,26)16-11-17(19)14(2)18(12-16)22(23)24/h3-5,10-12H,6-9H2,1-2H3. The van der Waals surface area contributed by atoms with Gasteiger partial charge in [0, 0.05) is 43.5 Å². The number of anilines is 1. The lowest BCUT2D eigenvalue weighted by Gasteiger charge is -2.35. The van der Waals surface area contributed by atoms with Crippen LogP contribution in [0.5, 0.6) is 0 Å². The Balaban J connectivity index is 1.82. The quantitative estimate of drug-likeness (QED) is 0.571. The van der Waals surface area contributed by atoms with E-state index < -0.39 is 14.9 Å². The van der Waals surface area contributed by atoms with Crippen LogP contribution in [0.3, 0.4) is 0 Å². The molecule has 0 aromatic heterocycles. The van der Waals surface area contributed by atoms with Gasteiger partial charge in [0.05, 0.1) is 14.8 Å². The van der Waals surface area contributed by atoms with Gasteiger partial charge < -0.3 is 4.90 Å². The minimum atomic E-state index is -3.85. The van der Waals surface area contributed by atoms with Crippen molar-refractivity contribution in [3.05, 3.63) is 62.7 Å². The van der Waals surface area contributed by atoms with Gasteiger partial charge in [0.2, 0.25) is 10.0 Å². The number of nitro benzene ring substituents is 1. The SMILES string of the molecule is Cc1cccc(N2CCN(S(=O)(=O)c3cc(Cl)c(C)c([N+](=O)[O-])c3)CC2)c1. The van der Waals surface area contributed by atoms with Gasteiger partial charge in [-0.3, -0.25) is 10.1 Å². The summed E-state index contributed by atoms with van der Waals surface area (Å²) in [5, 5.41) is 11.3. The molecular formula is C18H20ClN3O4S. The second kappa shape index (κ2) is 7.46. The van der Waals surface area contributed by atoms with Crippen LogP contribution in [0, 0.1) is 24.0 Å². The molecule has 9 heteroatoms. The zero-order valence-corrected chi connectivity index (χ0v) is 16.6. The Bertz CT molecular complexity index is 986. The molecule has 1 aliphatic heterocycles. The number of piperazine rings is 1. The second-order valence-corrected chi connectivity index (χ2v) is 8.88. The molecule has 1 saturated heterocycles. The summed E-state index contributed by atoms with van der Waals surface area (Å²) in [5.41, 5.74) is 2.16. The van der Waals surface area contributed by atoms with Crippen LogP contribution in [-0.4, -0.2) is 43.8 Å². The van der Waals surface area contributed by atoms with Gasteiger partial charge in [0.25, 0.3) is 5.69 Å². The molecule has 0 bridgehead atoms. The number of nitro groups is 1. The molecule has 2 aromatic rings. The van der Waals surface area contributed by atoms with Crippen LogP contribution in [0.1, 0.15) is 11.1 Å². The molecule has 27 heavy (non-hydrogen) atoms. The highest BCUT2D eigenvalue weighted by molar-refractivity contribution is 7.89. The van der Waals surface area contributed by atoms with Crippen molar-refractivity contribution in [2.75, 3.05) is 31.1 Å². The predicted molar refractivity (Wildman–Crippen MR) is 105 cm³/mol. The molecule has 3 rings (SSSR count). The Morgan fingerprint density at radius 3 is 2.33 bits per heavy atom. The molecule has 1 heterocycles. The van der Waals surface area contributed by atoms with Gasteiger partial charge in [0.15, 0.2) is 0 Å². The molecule has 0 spiro atoms. The molecule has 1 aliphatic rings. The van der Waals surface area contributed by atoms with Crippen LogP contribution in [-0.2, 0) is 10.0 Å². The lowest BCUT2D eigenvalue weighted by atomic mass is 10.2. The fraction of sp³-hybridized carbons (Fsp3) is 0.333. The largest absolute Gasteiger partial charge is 0.369 e. The lowest BCUT2D eigenvalue weighted by Crippen LogP contribution is -2.48. The van der Waals surface area contributed by atoms with E-state index in [1.165, 1.54) is 17.3 Å². The highest BCUT2D eigenvalue weighted by atomic mass is 35.5. The van der Waals surface area contributed by atoms with Crippen molar-refractivity contribution in [1.82, 2.24) is 4.31 Å². The highest BCUT2D eigenvalue weighted by Gasteiger charge is 2.31. The maximum atomic E-state index is 12.9. The molecule has 0 unspecified atom stereocenters. The summed E-state index contributed by atoms with van der Waals surface area (Å²) in [5.74, 6) is 0. The molecule has 0 amide bonds. The van der Waals surface area contributed by atoms with Crippen molar-refractivity contribution in [3.8, 4) is 0 Å². The Labute approximate surface area is 163 Å². The Kier molecular flexibility index (Phi) is 5.41. The first kappa shape index (κ1) is 19.6. The van der Waals surface area contributed by atoms with Crippen molar-refractivity contribution in [2.24, 2.45) is 0 Å². The predicted octanol–water partition coefficient (Wildman–Crippen LogP) is 3.38. The molecule has 0 aliphatic carbocycles. The maximum Gasteiger partial charge on any atom is 0.275 e. The van der Waals surface area contributed by atoms with E-state index in [-0.39, 0.29) is 21.2 Å². The lowest BCUT2D eigenvalue weighted by molar-refractivity contribution is -0.385. The summed E-state index contributed by atoms with van der Waals surface area (Å²) in [6.07, 6.45) is 0. The van der Waals surface area contributed by atoms with Gasteiger partial charge in [-0.1, -0.05) is 23.7 Å². The van der Waals surface area contributed by atoms with E-state index in [0.717, 1.165) is 17.3 Å². The average molecular weight is 410 g/mol. The molecule has 1 fully saturated rings. The first-order chi connectivity index (χ1) is 12.7. The minimum Gasteiger partial charge on any atom is -0.369 e. The van der Waals surface area contributed by atoms with Crippen molar-refractivity contribution < 1.29 is 13.3 Å². The topological polar surface area (TPSA) is 83.8 Å². The zero-order valence-electron chi connectivity index (χ0n) is 15.1. The van der Waals surface area contributed by atoms with Crippen LogP contribution in [0.4, 0.5) is 11.4 Å². The maximum absolute atomic E-state index is 12.9. The van der Waals surface area contributed by atoms with Crippen molar-refractivity contribution in [1.29, 1.82) is 0 Å². The van der Waals surface area contributed by atoms with E-state index >= 15 is 0 Å². The van der Waals surface area contributed by atoms with Crippen LogP contribution in [0.25, 0.3) is 0 Å². The summed E-state index contributed by atoms with van der Waals surface area (Å²) in [4.78, 5) is 12.6. The number of aryl methyl sites for hydroxylation is 1. The van der Waals surface area contributed by atoms with Gasteiger partial charge >= 0.3 is 0 Å². The van der Waals surface area contributed by atoms with E-state index in [9.17, 15) is 18.5 Å². The van der Waals surface area contributed by atoms with Crippen LogP contribution in [0.2, 0.25) is 5.02 Å². The molecule has 0 N–H and O–H groups in total. The Morgan fingerprint density at radius 1 is 1.07 bits per heavy atom. The normalized spacial score (nSPS) is 15.7. The van der Waals surface area contributed by atoms with E-state index in [1.54, 1.807) is 0 Å². The molecule has 7 nitrogen and oxygen atoms in total. The third-order valence-electron chi connectivity index (χ3n) is 4.73. The number of hydrogen-bond donors (Lipinski definition) is 0. The Hall–Kier alpha value is -2.16. The molecule has 0 radical (unpaired) electrons. The third-order valence-corrected chi connectivity index (χ3v) is 7.00. The number of benzene rings is 2. The van der Waals surface area contributed by atoms with Crippen molar-refractivity contribution in [3.63, 3.8) is 0 Å². The fourth-order valence-corrected chi connectivity index (χ4v) is 4.89. The highest BCUT2D eigenvalue weighted by Crippen LogP contribution is 2.31. The molecule has 144 valence electrons. The monoisotopic (exact) mass is 409 g/mol. The number of hydrogen-bond acceptors (Lipinski definition) is 5. The second-order valence-electron chi connectivity index (χ2n) is 6.54. The summed E-state index contributed by atoms with van der Waals surface area (Å²) in [6.45, 7) is 5.20. The summed E-state index contributed by atoms with van der Waals surface area (Å²) in [6, 6.07) is 10.4. The zero-order chi connectivity index (χ0) is 19.8. The van der Waals surface area contributed by atoms with Crippen LogP contribution in [0.15, 0.2) is 41.3 Å². The Morgan fingerprint density at radius 2 is 1.74 bits per heavy atom. The molecule has 2 aromatic carbocycles. The van der Waals surface area contributed by atoms with Crippen molar-refractivity contribution in [2.45, 2.75) is 18.7 Å². The molecule has 0 atom stereocenters. The number of nitrogens with zero attached hydrogens (tertiary/aromatic N) is 3. The van der Waals surface area contributed by atoms with Gasteiger partial charge in [-0.25, -0.2) is 8.42 Å². The summed E-state index contributed by atoms with van der Waals surface area (Å²) < 4.78 is 27.2. The summed E-state index contributed by atoms with van der Waals surface area (Å²) in [7, 11) is -3.85. The molecular weight excluding hydrogens is 390 g/mol. The third kappa shape index (κ3) is 3.92. The van der Waals surface area contributed by atoms with Gasteiger partial charge in [0.1, 0.15) is 0 Å². The van der Waals surface area contributed by atoms with Gasteiger partial charge in [-0.2, -0.15) is 4.31 Å². The number of rotatable bonds is 4. The van der Waals surface area contributed by atoms with Crippen LogP contribution < -0.4 is 4.90 Å². The minimum absolute atomic E-state index is 0.0705. The first-order valence-corrected chi connectivity index (χ1v) is 10.3. The van der Waals surface area contributed by atoms with Crippen molar-refractivity contribution >= 4 is 33.0 Å². The number of halogens is 1. The van der Waals surface area contributed by atoms with E-state index in [2.05, 4.69) is 11.0 Å².